The molecule has 4 N–H and O–H groups in total. The molecule has 1 aromatic rings. The predicted octanol–water partition coefficient (Wildman–Crippen LogP) is 1.00. The summed E-state index contributed by atoms with van der Waals surface area (Å²) in [7, 11) is 0. The molecule has 1 saturated carbocycles. The van der Waals surface area contributed by atoms with Gasteiger partial charge in [-0.05, 0) is 30.9 Å². The van der Waals surface area contributed by atoms with E-state index in [1.54, 1.807) is 0 Å². The van der Waals surface area contributed by atoms with Crippen LogP contribution in [0.15, 0.2) is 12.1 Å². The minimum absolute atomic E-state index is 0.00299. The molecule has 0 heterocycles. The number of nitrogens with two attached hydrogens (primary N) is 1. The largest absolute Gasteiger partial charge is 0.508 e. The quantitative estimate of drug-likeness (QED) is 0.670. The molecular weight excluding hydrogens is 192 g/mol. The summed E-state index contributed by atoms with van der Waals surface area (Å²) in [5, 5.41) is 27.6. The molecule has 1 aliphatic rings. The zero-order chi connectivity index (χ0) is 11.1. The Morgan fingerprint density at radius 2 is 2.00 bits per heavy atom. The molecule has 4 heteroatoms. The van der Waals surface area contributed by atoms with Crippen LogP contribution in [0.25, 0.3) is 0 Å². The first-order valence-corrected chi connectivity index (χ1v) is 4.78. The van der Waals surface area contributed by atoms with Gasteiger partial charge >= 0.3 is 0 Å². The average Bonchev–Trinajstić information content (AvgIpc) is 2.89. The van der Waals surface area contributed by atoms with Crippen LogP contribution in [-0.4, -0.2) is 15.8 Å². The molecule has 0 aliphatic heterocycles. The number of rotatable bonds is 2. The van der Waals surface area contributed by atoms with Crippen LogP contribution in [-0.2, 0) is 6.42 Å². The van der Waals surface area contributed by atoms with E-state index in [2.05, 4.69) is 0 Å². The lowest BCUT2D eigenvalue weighted by atomic mass is 10.0. The maximum absolute atomic E-state index is 9.58. The van der Waals surface area contributed by atoms with Crippen molar-refractivity contribution >= 4 is 0 Å². The van der Waals surface area contributed by atoms with Crippen LogP contribution in [0.1, 0.15) is 24.0 Å². The molecule has 78 valence electrons. The third-order valence-electron chi connectivity index (χ3n) is 2.75. The van der Waals surface area contributed by atoms with E-state index in [0.29, 0.717) is 12.0 Å². The molecule has 0 radical (unpaired) electrons. The van der Waals surface area contributed by atoms with Crippen LogP contribution in [0.5, 0.6) is 11.5 Å². The third kappa shape index (κ3) is 1.88. The van der Waals surface area contributed by atoms with Gasteiger partial charge in [0.2, 0.25) is 0 Å². The van der Waals surface area contributed by atoms with Crippen molar-refractivity contribution in [2.75, 3.05) is 0 Å². The smallest absolute Gasteiger partial charge is 0.137 e. The SMILES string of the molecule is N#Cc1cc(CC2(N)CC2)c(O)cc1O. The molecular formula is C11H12N2O2. The van der Waals surface area contributed by atoms with Crippen molar-refractivity contribution in [3.05, 3.63) is 23.3 Å². The highest BCUT2D eigenvalue weighted by atomic mass is 16.3. The number of nitrogens with zero attached hydrogens (tertiary/aromatic N) is 1. The van der Waals surface area contributed by atoms with E-state index >= 15 is 0 Å². The van der Waals surface area contributed by atoms with Gasteiger partial charge in [-0.2, -0.15) is 5.26 Å². The van der Waals surface area contributed by atoms with E-state index in [1.165, 1.54) is 12.1 Å². The van der Waals surface area contributed by atoms with Gasteiger partial charge in [0.25, 0.3) is 0 Å². The van der Waals surface area contributed by atoms with Gasteiger partial charge < -0.3 is 15.9 Å². The van der Waals surface area contributed by atoms with Gasteiger partial charge in [-0.1, -0.05) is 0 Å². The van der Waals surface area contributed by atoms with Crippen molar-refractivity contribution in [3.8, 4) is 17.6 Å². The van der Waals surface area contributed by atoms with Crippen molar-refractivity contribution in [1.82, 2.24) is 0 Å². The summed E-state index contributed by atoms with van der Waals surface area (Å²) < 4.78 is 0. The first-order chi connectivity index (χ1) is 7.04. The van der Waals surface area contributed by atoms with E-state index in [0.717, 1.165) is 12.8 Å². The fourth-order valence-corrected chi connectivity index (χ4v) is 1.57. The molecule has 0 bridgehead atoms. The molecule has 1 fully saturated rings. The zero-order valence-corrected chi connectivity index (χ0v) is 8.20. The number of phenols is 2. The van der Waals surface area contributed by atoms with E-state index < -0.39 is 0 Å². The fourth-order valence-electron chi connectivity index (χ4n) is 1.57. The van der Waals surface area contributed by atoms with Crippen LogP contribution in [0.2, 0.25) is 0 Å². The number of aromatic hydroxyl groups is 2. The van der Waals surface area contributed by atoms with Crippen molar-refractivity contribution in [2.45, 2.75) is 24.8 Å². The molecule has 2 rings (SSSR count). The maximum Gasteiger partial charge on any atom is 0.137 e. The number of benzene rings is 1. The van der Waals surface area contributed by atoms with Gasteiger partial charge in [-0.3, -0.25) is 0 Å². The molecule has 4 nitrogen and oxygen atoms in total. The summed E-state index contributed by atoms with van der Waals surface area (Å²) in [5.41, 5.74) is 6.50. The molecule has 1 aromatic carbocycles. The standard InChI is InChI=1S/C11H12N2O2/c12-6-8-3-7(5-11(13)1-2-11)9(14)4-10(8)15/h3-4,14-15H,1-2,5,13H2. The summed E-state index contributed by atoms with van der Waals surface area (Å²) in [6.07, 6.45) is 2.43. The molecule has 0 amide bonds. The fraction of sp³-hybridized carbons (Fsp3) is 0.364. The molecule has 0 unspecified atom stereocenters. The summed E-state index contributed by atoms with van der Waals surface area (Å²) in [5.74, 6) is -0.191. The van der Waals surface area contributed by atoms with E-state index in [4.69, 9.17) is 11.0 Å². The second-order valence-electron chi connectivity index (χ2n) is 4.15. The Bertz CT molecular complexity index is 445. The minimum atomic E-state index is -0.221. The highest BCUT2D eigenvalue weighted by molar-refractivity contribution is 5.51. The Morgan fingerprint density at radius 1 is 1.33 bits per heavy atom. The minimum Gasteiger partial charge on any atom is -0.508 e. The van der Waals surface area contributed by atoms with E-state index in [1.807, 2.05) is 6.07 Å². The lowest BCUT2D eigenvalue weighted by Crippen LogP contribution is -2.24. The van der Waals surface area contributed by atoms with E-state index in [-0.39, 0.29) is 22.6 Å². The Morgan fingerprint density at radius 3 is 2.53 bits per heavy atom. The van der Waals surface area contributed by atoms with Crippen molar-refractivity contribution in [1.29, 1.82) is 5.26 Å². The third-order valence-corrected chi connectivity index (χ3v) is 2.75. The first kappa shape index (κ1) is 9.81. The Balaban J connectivity index is 2.35. The molecule has 0 atom stereocenters. The second-order valence-corrected chi connectivity index (χ2v) is 4.15. The molecule has 1 aliphatic carbocycles. The summed E-state index contributed by atoms with van der Waals surface area (Å²) in [6, 6.07) is 4.56. The van der Waals surface area contributed by atoms with Crippen LogP contribution >= 0.6 is 0 Å². The zero-order valence-electron chi connectivity index (χ0n) is 8.20. The van der Waals surface area contributed by atoms with Gasteiger partial charge in [0.15, 0.2) is 0 Å². The van der Waals surface area contributed by atoms with Crippen molar-refractivity contribution in [3.63, 3.8) is 0 Å². The Labute approximate surface area is 87.6 Å². The second kappa shape index (κ2) is 3.14. The van der Waals surface area contributed by atoms with Gasteiger partial charge in [-0.25, -0.2) is 0 Å². The summed E-state index contributed by atoms with van der Waals surface area (Å²) in [6.45, 7) is 0. The highest BCUT2D eigenvalue weighted by Crippen LogP contribution is 2.38. The monoisotopic (exact) mass is 204 g/mol. The van der Waals surface area contributed by atoms with Gasteiger partial charge in [0.1, 0.15) is 17.6 Å². The summed E-state index contributed by atoms with van der Waals surface area (Å²) >= 11 is 0. The van der Waals surface area contributed by atoms with Gasteiger partial charge in [0.05, 0.1) is 5.56 Å². The first-order valence-electron chi connectivity index (χ1n) is 4.78. The molecule has 0 aromatic heterocycles. The average molecular weight is 204 g/mol. The normalized spacial score (nSPS) is 17.1. The predicted molar refractivity (Wildman–Crippen MR) is 54.3 cm³/mol. The topological polar surface area (TPSA) is 90.3 Å². The Hall–Kier alpha value is -1.73. The number of hydrogen-bond donors (Lipinski definition) is 3. The maximum atomic E-state index is 9.58. The van der Waals surface area contributed by atoms with Crippen molar-refractivity contribution < 1.29 is 10.2 Å². The van der Waals surface area contributed by atoms with Crippen LogP contribution in [0.4, 0.5) is 0 Å². The van der Waals surface area contributed by atoms with Gasteiger partial charge in [0, 0.05) is 11.6 Å². The van der Waals surface area contributed by atoms with E-state index in [9.17, 15) is 10.2 Å². The molecule has 0 saturated heterocycles. The Kier molecular flexibility index (Phi) is 2.06. The van der Waals surface area contributed by atoms with Gasteiger partial charge in [-0.15, -0.1) is 0 Å². The highest BCUT2D eigenvalue weighted by Gasteiger charge is 2.38. The van der Waals surface area contributed by atoms with Crippen LogP contribution in [0, 0.1) is 11.3 Å². The number of nitriles is 1. The lowest BCUT2D eigenvalue weighted by molar-refractivity contribution is 0.442. The lowest BCUT2D eigenvalue weighted by Gasteiger charge is -2.11. The molecule has 0 spiro atoms. The number of phenolic OH excluding ortho intramolecular Hbond substituents is 2. The summed E-state index contributed by atoms with van der Waals surface area (Å²) in [4.78, 5) is 0. The number of hydrogen-bond acceptors (Lipinski definition) is 4. The van der Waals surface area contributed by atoms with Crippen molar-refractivity contribution in [2.24, 2.45) is 5.73 Å². The molecule has 15 heavy (non-hydrogen) atoms. The van der Waals surface area contributed by atoms with Crippen LogP contribution in [0.3, 0.4) is 0 Å². The van der Waals surface area contributed by atoms with Crippen LogP contribution < -0.4 is 5.73 Å².